The molecule has 1 aromatic rings. The molecule has 1 heterocycles. The number of hydrogen-bond acceptors (Lipinski definition) is 4. The zero-order chi connectivity index (χ0) is 22.5. The Morgan fingerprint density at radius 3 is 2.68 bits per heavy atom. The van der Waals surface area contributed by atoms with E-state index in [0.29, 0.717) is 12.8 Å². The number of likely N-dealkylation sites (tertiary alicyclic amines) is 1. The van der Waals surface area contributed by atoms with Crippen molar-refractivity contribution in [2.75, 3.05) is 13.7 Å². The predicted molar refractivity (Wildman–Crippen MR) is 124 cm³/mol. The average molecular weight is 430 g/mol. The number of unbranched alkanes of at least 4 members (excludes halogenated alkanes) is 3. The van der Waals surface area contributed by atoms with Crippen molar-refractivity contribution in [2.45, 2.75) is 83.3 Å². The molecule has 172 valence electrons. The molecule has 1 saturated heterocycles. The average Bonchev–Trinajstić information content (AvgIpc) is 3.14. The highest BCUT2D eigenvalue weighted by Crippen LogP contribution is 2.22. The number of nitrogens with zero attached hydrogens (tertiary/aromatic N) is 1. The topological polar surface area (TPSA) is 66.8 Å². The molecule has 0 aromatic heterocycles. The van der Waals surface area contributed by atoms with Crippen LogP contribution < -0.4 is 0 Å². The molecule has 2 rings (SSSR count). The monoisotopic (exact) mass is 429 g/mol. The third-order valence-electron chi connectivity index (χ3n) is 6.21. The summed E-state index contributed by atoms with van der Waals surface area (Å²) < 4.78 is 4.65. The van der Waals surface area contributed by atoms with Gasteiger partial charge in [0.25, 0.3) is 0 Å². The summed E-state index contributed by atoms with van der Waals surface area (Å²) in [6, 6.07) is 10.5. The second-order valence-corrected chi connectivity index (χ2v) is 8.66. The lowest BCUT2D eigenvalue weighted by atomic mass is 9.95. The van der Waals surface area contributed by atoms with E-state index in [1.165, 1.54) is 12.7 Å². The SMILES string of the molecule is COC(=O)CCCCCCN1C(=O)CCC1C=C[C@@H](O)[C@@H](C)CCCc1ccccc1. The summed E-state index contributed by atoms with van der Waals surface area (Å²) in [5.41, 5.74) is 1.34. The number of aryl methyl sites for hydroxylation is 1. The summed E-state index contributed by atoms with van der Waals surface area (Å²) >= 11 is 0. The van der Waals surface area contributed by atoms with Crippen LogP contribution in [0.1, 0.15) is 70.3 Å². The van der Waals surface area contributed by atoms with E-state index in [2.05, 4.69) is 35.9 Å². The van der Waals surface area contributed by atoms with Gasteiger partial charge in [-0.15, -0.1) is 0 Å². The van der Waals surface area contributed by atoms with Crippen LogP contribution in [0.3, 0.4) is 0 Å². The largest absolute Gasteiger partial charge is 0.469 e. The number of benzene rings is 1. The third-order valence-corrected chi connectivity index (χ3v) is 6.21. The Kier molecular flexibility index (Phi) is 11.4. The van der Waals surface area contributed by atoms with E-state index in [9.17, 15) is 14.7 Å². The van der Waals surface area contributed by atoms with Crippen LogP contribution in [0.5, 0.6) is 0 Å². The zero-order valence-electron chi connectivity index (χ0n) is 19.2. The van der Waals surface area contributed by atoms with Crippen molar-refractivity contribution in [3.8, 4) is 0 Å². The molecule has 1 aromatic carbocycles. The second kappa shape index (κ2) is 14.0. The van der Waals surface area contributed by atoms with Crippen LogP contribution in [-0.4, -0.2) is 47.7 Å². The van der Waals surface area contributed by atoms with E-state index in [1.54, 1.807) is 0 Å². The van der Waals surface area contributed by atoms with Gasteiger partial charge >= 0.3 is 5.97 Å². The number of carbonyl (C=O) groups excluding carboxylic acids is 2. The number of hydrogen-bond donors (Lipinski definition) is 1. The number of ether oxygens (including phenoxy) is 1. The third kappa shape index (κ3) is 9.26. The van der Waals surface area contributed by atoms with E-state index < -0.39 is 6.10 Å². The van der Waals surface area contributed by atoms with Crippen molar-refractivity contribution in [2.24, 2.45) is 5.92 Å². The van der Waals surface area contributed by atoms with Gasteiger partial charge in [0.15, 0.2) is 0 Å². The fourth-order valence-electron chi connectivity index (χ4n) is 4.13. The second-order valence-electron chi connectivity index (χ2n) is 8.66. The Morgan fingerprint density at radius 1 is 1.19 bits per heavy atom. The van der Waals surface area contributed by atoms with Crippen LogP contribution in [0, 0.1) is 5.92 Å². The maximum atomic E-state index is 12.3. The molecule has 1 aliphatic heterocycles. The van der Waals surface area contributed by atoms with Crippen LogP contribution in [-0.2, 0) is 20.7 Å². The molecule has 1 unspecified atom stereocenters. The first-order valence-electron chi connectivity index (χ1n) is 11.8. The van der Waals surface area contributed by atoms with Crippen molar-refractivity contribution in [3.63, 3.8) is 0 Å². The maximum Gasteiger partial charge on any atom is 0.305 e. The van der Waals surface area contributed by atoms with Gasteiger partial charge in [0.2, 0.25) is 5.91 Å². The van der Waals surface area contributed by atoms with Crippen molar-refractivity contribution < 1.29 is 19.4 Å². The van der Waals surface area contributed by atoms with Crippen molar-refractivity contribution in [1.82, 2.24) is 4.90 Å². The summed E-state index contributed by atoms with van der Waals surface area (Å²) in [7, 11) is 1.41. The number of rotatable bonds is 14. The first-order valence-corrected chi connectivity index (χ1v) is 11.8. The minimum absolute atomic E-state index is 0.0914. The summed E-state index contributed by atoms with van der Waals surface area (Å²) in [4.78, 5) is 25.3. The molecule has 5 heteroatoms. The molecule has 1 fully saturated rings. The van der Waals surface area contributed by atoms with E-state index in [1.807, 2.05) is 23.1 Å². The van der Waals surface area contributed by atoms with Gasteiger partial charge in [0.05, 0.1) is 19.3 Å². The van der Waals surface area contributed by atoms with E-state index in [4.69, 9.17) is 0 Å². The first-order chi connectivity index (χ1) is 15.0. The summed E-state index contributed by atoms with van der Waals surface area (Å²) in [5, 5.41) is 10.5. The van der Waals surface area contributed by atoms with Crippen molar-refractivity contribution in [1.29, 1.82) is 0 Å². The molecule has 3 atom stereocenters. The maximum absolute atomic E-state index is 12.3. The Morgan fingerprint density at radius 2 is 1.94 bits per heavy atom. The number of carbonyl (C=O) groups is 2. The van der Waals surface area contributed by atoms with Gasteiger partial charge in [-0.25, -0.2) is 0 Å². The standard InChI is InChI=1S/C26H39NO4/c1-21(11-10-14-22-12-6-5-7-13-22)24(28)18-16-23-17-19-25(29)27(23)20-9-4-3-8-15-26(30)31-2/h5-7,12-13,16,18,21,23-24,28H,3-4,8-11,14-15,17,19-20H2,1-2H3/t21-,23?,24+/m0/s1. The number of amides is 1. The zero-order valence-corrected chi connectivity index (χ0v) is 19.2. The van der Waals surface area contributed by atoms with E-state index in [-0.39, 0.29) is 23.8 Å². The summed E-state index contributed by atoms with van der Waals surface area (Å²) in [6.07, 6.45) is 12.1. The van der Waals surface area contributed by atoms with Gasteiger partial charge in [-0.05, 0) is 50.0 Å². The quantitative estimate of drug-likeness (QED) is 0.265. The Hall–Kier alpha value is -2.14. The predicted octanol–water partition coefficient (Wildman–Crippen LogP) is 4.68. The molecule has 5 nitrogen and oxygen atoms in total. The molecule has 0 bridgehead atoms. The Balaban J connectivity index is 1.68. The summed E-state index contributed by atoms with van der Waals surface area (Å²) in [6.45, 7) is 2.83. The molecule has 1 N–H and O–H groups in total. The first kappa shape index (κ1) is 25.1. The molecule has 0 radical (unpaired) electrons. The summed E-state index contributed by atoms with van der Waals surface area (Å²) in [5.74, 6) is 0.239. The van der Waals surface area contributed by atoms with Gasteiger partial charge in [0.1, 0.15) is 0 Å². The van der Waals surface area contributed by atoms with E-state index >= 15 is 0 Å². The highest BCUT2D eigenvalue weighted by molar-refractivity contribution is 5.79. The van der Waals surface area contributed by atoms with Crippen LogP contribution in [0.25, 0.3) is 0 Å². The van der Waals surface area contributed by atoms with Gasteiger partial charge < -0.3 is 14.7 Å². The minimum Gasteiger partial charge on any atom is -0.469 e. The number of aliphatic hydroxyl groups is 1. The molecule has 0 aliphatic carbocycles. The lowest BCUT2D eigenvalue weighted by Gasteiger charge is -2.23. The smallest absolute Gasteiger partial charge is 0.305 e. The van der Waals surface area contributed by atoms with Crippen LogP contribution in [0.2, 0.25) is 0 Å². The van der Waals surface area contributed by atoms with Gasteiger partial charge in [-0.3, -0.25) is 9.59 Å². The number of methoxy groups -OCH3 is 1. The van der Waals surface area contributed by atoms with Crippen molar-refractivity contribution >= 4 is 11.9 Å². The lowest BCUT2D eigenvalue weighted by molar-refractivity contribution is -0.140. The number of esters is 1. The van der Waals surface area contributed by atoms with Gasteiger partial charge in [-0.1, -0.05) is 62.2 Å². The normalized spacial score (nSPS) is 18.5. The highest BCUT2D eigenvalue weighted by atomic mass is 16.5. The molecule has 0 spiro atoms. The minimum atomic E-state index is -0.480. The fourth-order valence-corrected chi connectivity index (χ4v) is 4.13. The highest BCUT2D eigenvalue weighted by Gasteiger charge is 2.28. The van der Waals surface area contributed by atoms with Gasteiger partial charge in [-0.2, -0.15) is 0 Å². The molecule has 1 aliphatic rings. The molecule has 1 amide bonds. The molecule has 31 heavy (non-hydrogen) atoms. The van der Waals surface area contributed by atoms with Crippen LogP contribution >= 0.6 is 0 Å². The lowest BCUT2D eigenvalue weighted by Crippen LogP contribution is -2.33. The number of aliphatic hydroxyl groups excluding tert-OH is 1. The fraction of sp³-hybridized carbons (Fsp3) is 0.615. The van der Waals surface area contributed by atoms with E-state index in [0.717, 1.165) is 57.9 Å². The Bertz CT molecular complexity index is 688. The van der Waals surface area contributed by atoms with Gasteiger partial charge in [0, 0.05) is 19.4 Å². The molecular weight excluding hydrogens is 390 g/mol. The van der Waals surface area contributed by atoms with Crippen LogP contribution in [0.15, 0.2) is 42.5 Å². The van der Waals surface area contributed by atoms with Crippen molar-refractivity contribution in [3.05, 3.63) is 48.0 Å². The molecule has 0 saturated carbocycles. The van der Waals surface area contributed by atoms with Crippen LogP contribution in [0.4, 0.5) is 0 Å². The Labute approximate surface area is 187 Å². The molecular formula is C26H39NO4.